The Morgan fingerprint density at radius 1 is 1.10 bits per heavy atom. The Morgan fingerprint density at radius 3 is 2.41 bits per heavy atom. The van der Waals surface area contributed by atoms with Gasteiger partial charge in [0.1, 0.15) is 0 Å². The van der Waals surface area contributed by atoms with Gasteiger partial charge in [-0.25, -0.2) is 4.98 Å². The fourth-order valence-corrected chi connectivity index (χ4v) is 8.54. The predicted molar refractivity (Wildman–Crippen MR) is 155 cm³/mol. The van der Waals surface area contributed by atoms with Crippen LogP contribution in [-0.4, -0.2) is 57.2 Å². The molecule has 3 saturated heterocycles. The first kappa shape index (κ1) is 26.8. The summed E-state index contributed by atoms with van der Waals surface area (Å²) in [5, 5.41) is 9.36. The first-order valence-corrected chi connectivity index (χ1v) is 15.4. The van der Waals surface area contributed by atoms with Gasteiger partial charge in [-0.1, -0.05) is 52.7 Å². The number of anilines is 1. The van der Waals surface area contributed by atoms with E-state index < -0.39 is 11.9 Å². The van der Waals surface area contributed by atoms with Gasteiger partial charge in [0.05, 0.1) is 17.0 Å². The number of hydrogen-bond acceptors (Lipinski definition) is 5. The van der Waals surface area contributed by atoms with Gasteiger partial charge in [-0.15, -0.1) is 0 Å². The molecule has 3 aliphatic heterocycles. The van der Waals surface area contributed by atoms with Gasteiger partial charge in [-0.05, 0) is 80.4 Å². The lowest BCUT2D eigenvalue weighted by atomic mass is 9.51. The molecule has 2 bridgehead atoms. The summed E-state index contributed by atoms with van der Waals surface area (Å²) in [5.41, 5.74) is 2.14. The first-order chi connectivity index (χ1) is 18.7. The van der Waals surface area contributed by atoms with E-state index in [1.807, 2.05) is 33.7 Å². The number of aliphatic carboxylic acids is 1. The molecule has 0 amide bonds. The summed E-state index contributed by atoms with van der Waals surface area (Å²) in [5.74, 6) is 1.67. The van der Waals surface area contributed by atoms with Crippen molar-refractivity contribution in [2.24, 2.45) is 29.1 Å². The zero-order valence-corrected chi connectivity index (χ0v) is 24.2. The highest BCUT2D eigenvalue weighted by atomic mass is 16.4. The second-order valence-corrected chi connectivity index (χ2v) is 13.7. The van der Waals surface area contributed by atoms with Crippen molar-refractivity contribution in [3.8, 4) is 0 Å². The summed E-state index contributed by atoms with van der Waals surface area (Å²) in [6, 6.07) is 9.17. The van der Waals surface area contributed by atoms with Crippen molar-refractivity contribution in [3.63, 3.8) is 0 Å². The SMILES string of the molecule is CCC(CCN1C2CCCC1CC(n1c(=O)c(N3CC(C(=O)O)C3)nc3ccccc31)C2)C1CC(C)C1(C)C. The van der Waals surface area contributed by atoms with Crippen LogP contribution in [0.4, 0.5) is 5.82 Å². The van der Waals surface area contributed by atoms with Crippen molar-refractivity contribution >= 4 is 22.8 Å². The maximum atomic E-state index is 13.9. The molecule has 39 heavy (non-hydrogen) atoms. The van der Waals surface area contributed by atoms with Gasteiger partial charge in [0, 0.05) is 31.2 Å². The van der Waals surface area contributed by atoms with Gasteiger partial charge in [0.2, 0.25) is 0 Å². The van der Waals surface area contributed by atoms with Crippen molar-refractivity contribution in [2.75, 3.05) is 24.5 Å². The second kappa shape index (κ2) is 10.2. The van der Waals surface area contributed by atoms with Crippen LogP contribution in [0, 0.1) is 29.1 Å². The van der Waals surface area contributed by atoms with E-state index in [2.05, 4.69) is 32.6 Å². The Balaban J connectivity index is 1.23. The van der Waals surface area contributed by atoms with E-state index in [0.717, 1.165) is 41.6 Å². The lowest BCUT2D eigenvalue weighted by Crippen LogP contribution is -2.55. The summed E-state index contributed by atoms with van der Waals surface area (Å²) in [6.45, 7) is 11.6. The highest BCUT2D eigenvalue weighted by molar-refractivity contribution is 5.78. The Bertz CT molecular complexity index is 1270. The summed E-state index contributed by atoms with van der Waals surface area (Å²) >= 11 is 0. The number of para-hydroxylation sites is 2. The molecule has 4 aliphatic rings. The summed E-state index contributed by atoms with van der Waals surface area (Å²) in [7, 11) is 0. The minimum atomic E-state index is -0.798. The third-order valence-electron chi connectivity index (χ3n) is 11.5. The van der Waals surface area contributed by atoms with Gasteiger partial charge >= 0.3 is 5.97 Å². The molecule has 7 heteroatoms. The Kier molecular flexibility index (Phi) is 7.01. The van der Waals surface area contributed by atoms with E-state index in [1.54, 1.807) is 0 Å². The van der Waals surface area contributed by atoms with Crippen LogP contribution in [0.25, 0.3) is 11.0 Å². The molecule has 1 saturated carbocycles. The molecule has 5 atom stereocenters. The van der Waals surface area contributed by atoms with Gasteiger partial charge in [0.15, 0.2) is 5.82 Å². The number of piperidine rings is 2. The van der Waals surface area contributed by atoms with Gasteiger partial charge in [0.25, 0.3) is 5.56 Å². The third kappa shape index (κ3) is 4.58. The normalized spacial score (nSPS) is 31.5. The Morgan fingerprint density at radius 2 is 1.79 bits per heavy atom. The van der Waals surface area contributed by atoms with Crippen molar-refractivity contribution in [3.05, 3.63) is 34.6 Å². The maximum Gasteiger partial charge on any atom is 0.310 e. The van der Waals surface area contributed by atoms with E-state index in [1.165, 1.54) is 45.1 Å². The van der Waals surface area contributed by atoms with E-state index in [9.17, 15) is 14.7 Å². The van der Waals surface area contributed by atoms with Crippen LogP contribution in [0.15, 0.2) is 29.1 Å². The lowest BCUT2D eigenvalue weighted by molar-refractivity contribution is -0.142. The summed E-state index contributed by atoms with van der Waals surface area (Å²) in [4.78, 5) is 34.7. The van der Waals surface area contributed by atoms with Crippen LogP contribution in [0.1, 0.15) is 85.1 Å². The van der Waals surface area contributed by atoms with Crippen LogP contribution in [0.5, 0.6) is 0 Å². The number of rotatable bonds is 8. The fraction of sp³-hybridized carbons (Fsp3) is 0.719. The van der Waals surface area contributed by atoms with Crippen LogP contribution < -0.4 is 10.5 Å². The molecule has 5 unspecified atom stereocenters. The summed E-state index contributed by atoms with van der Waals surface area (Å²) < 4.78 is 2.03. The largest absolute Gasteiger partial charge is 0.481 e. The van der Waals surface area contributed by atoms with Crippen LogP contribution >= 0.6 is 0 Å². The Labute approximate surface area is 232 Å². The number of carboxylic acid groups (broad SMARTS) is 1. The predicted octanol–water partition coefficient (Wildman–Crippen LogP) is 5.57. The molecule has 212 valence electrons. The smallest absolute Gasteiger partial charge is 0.310 e. The molecule has 1 aromatic heterocycles. The monoisotopic (exact) mass is 534 g/mol. The van der Waals surface area contributed by atoms with E-state index in [4.69, 9.17) is 4.98 Å². The first-order valence-electron chi connectivity index (χ1n) is 15.4. The Hall–Kier alpha value is -2.41. The molecular weight excluding hydrogens is 488 g/mol. The number of fused-ring (bicyclic) bond motifs is 3. The van der Waals surface area contributed by atoms with E-state index in [-0.39, 0.29) is 11.6 Å². The van der Waals surface area contributed by atoms with Gasteiger partial charge < -0.3 is 14.6 Å². The maximum absolute atomic E-state index is 13.9. The molecule has 1 aromatic carbocycles. The zero-order valence-electron chi connectivity index (χ0n) is 24.2. The van der Waals surface area contributed by atoms with Crippen molar-refractivity contribution in [1.29, 1.82) is 0 Å². The number of hydrogen-bond donors (Lipinski definition) is 1. The fourth-order valence-electron chi connectivity index (χ4n) is 8.54. The van der Waals surface area contributed by atoms with Gasteiger partial charge in [-0.3, -0.25) is 14.5 Å². The highest BCUT2D eigenvalue weighted by Crippen LogP contribution is 2.55. The molecule has 1 aliphatic carbocycles. The van der Waals surface area contributed by atoms with Crippen LogP contribution in [0.3, 0.4) is 0 Å². The van der Waals surface area contributed by atoms with Crippen molar-refractivity contribution in [2.45, 2.75) is 97.2 Å². The standard InChI is InChI=1S/C32H46N4O3/c1-5-21(26-15-20(2)32(26,3)4)13-14-35-23-9-8-10-24(35)17-25(16-23)36-28-12-7-6-11-27(28)33-29(30(36)37)34-18-22(19-34)31(38)39/h6-7,11-12,20-26H,5,8-10,13-19H2,1-4H3,(H,38,39). The average Bonchev–Trinajstić information content (AvgIpc) is 2.87. The second-order valence-electron chi connectivity index (χ2n) is 13.7. The molecule has 0 spiro atoms. The zero-order chi connectivity index (χ0) is 27.5. The number of benzene rings is 1. The molecule has 1 N–H and O–H groups in total. The van der Waals surface area contributed by atoms with E-state index in [0.29, 0.717) is 36.4 Å². The highest BCUT2D eigenvalue weighted by Gasteiger charge is 2.48. The number of carbonyl (C=O) groups is 1. The quantitative estimate of drug-likeness (QED) is 0.477. The van der Waals surface area contributed by atoms with Crippen molar-refractivity contribution < 1.29 is 9.90 Å². The number of nitrogens with zero attached hydrogens (tertiary/aromatic N) is 4. The van der Waals surface area contributed by atoms with Gasteiger partial charge in [-0.2, -0.15) is 0 Å². The van der Waals surface area contributed by atoms with E-state index >= 15 is 0 Å². The molecule has 4 fully saturated rings. The van der Waals surface area contributed by atoms with Crippen LogP contribution in [0.2, 0.25) is 0 Å². The lowest BCUT2D eigenvalue weighted by Gasteiger charge is -2.55. The third-order valence-corrected chi connectivity index (χ3v) is 11.5. The molecule has 7 nitrogen and oxygen atoms in total. The molecule has 0 radical (unpaired) electrons. The minimum absolute atomic E-state index is 0.0542. The molecule has 6 rings (SSSR count). The number of aromatic nitrogens is 2. The molecule has 2 aromatic rings. The van der Waals surface area contributed by atoms with Crippen molar-refractivity contribution in [1.82, 2.24) is 14.5 Å². The molecule has 4 heterocycles. The van der Waals surface area contributed by atoms with Crippen LogP contribution in [-0.2, 0) is 4.79 Å². The number of carboxylic acids is 1. The topological polar surface area (TPSA) is 78.7 Å². The summed E-state index contributed by atoms with van der Waals surface area (Å²) in [6.07, 6.45) is 9.66. The molecular formula is C32H46N4O3. The average molecular weight is 535 g/mol. The minimum Gasteiger partial charge on any atom is -0.481 e.